The summed E-state index contributed by atoms with van der Waals surface area (Å²) in [5.41, 5.74) is 4.02. The average Bonchev–Trinajstić information content (AvgIpc) is 3.17. The van der Waals surface area contributed by atoms with Crippen LogP contribution in [0.4, 0.5) is 0 Å². The van der Waals surface area contributed by atoms with E-state index in [4.69, 9.17) is 4.74 Å². The van der Waals surface area contributed by atoms with Crippen molar-refractivity contribution in [3.05, 3.63) is 71.4 Å². The Morgan fingerprint density at radius 1 is 1.07 bits per heavy atom. The van der Waals surface area contributed by atoms with Crippen LogP contribution in [0.1, 0.15) is 15.9 Å². The summed E-state index contributed by atoms with van der Waals surface area (Å²) >= 11 is 3.04. The quantitative estimate of drug-likeness (QED) is 0.235. The standard InChI is InChI=1S/C22H18N2O2S2/c1-14-3-5-16(6-4-14)19(25)12-28-22-20-18(11-27-21(20)23-13-24-22)15-7-9-17(26-2)10-8-15/h3-11,13H,12H2,1-2H3. The Kier molecular flexibility index (Phi) is 5.41. The second-order valence-corrected chi connectivity index (χ2v) is 8.14. The molecular formula is C22H18N2O2S2. The number of aryl methyl sites for hydroxylation is 1. The SMILES string of the molecule is COc1ccc(-c2csc3ncnc(SCC(=O)c4ccc(C)cc4)c23)cc1. The molecule has 0 N–H and O–H groups in total. The zero-order chi connectivity index (χ0) is 19.5. The van der Waals surface area contributed by atoms with Crippen molar-refractivity contribution in [2.24, 2.45) is 0 Å². The summed E-state index contributed by atoms with van der Waals surface area (Å²) in [5, 5.41) is 3.92. The third-order valence-electron chi connectivity index (χ3n) is 4.45. The summed E-state index contributed by atoms with van der Waals surface area (Å²) in [7, 11) is 1.66. The molecule has 4 aromatic rings. The number of ether oxygens (including phenoxy) is 1. The van der Waals surface area contributed by atoms with Gasteiger partial charge in [-0.15, -0.1) is 11.3 Å². The van der Waals surface area contributed by atoms with Crippen LogP contribution in [0.2, 0.25) is 0 Å². The van der Waals surface area contributed by atoms with Crippen LogP contribution in [0.5, 0.6) is 5.75 Å². The Labute approximate surface area is 171 Å². The van der Waals surface area contributed by atoms with E-state index in [1.54, 1.807) is 24.8 Å². The maximum Gasteiger partial charge on any atom is 0.173 e. The fraction of sp³-hybridized carbons (Fsp3) is 0.136. The lowest BCUT2D eigenvalue weighted by Gasteiger charge is -2.06. The summed E-state index contributed by atoms with van der Waals surface area (Å²) in [5.74, 6) is 1.25. The van der Waals surface area contributed by atoms with Crippen molar-refractivity contribution in [1.82, 2.24) is 9.97 Å². The molecule has 0 spiro atoms. The van der Waals surface area contributed by atoms with E-state index >= 15 is 0 Å². The summed E-state index contributed by atoms with van der Waals surface area (Å²) in [6, 6.07) is 15.6. The fourth-order valence-corrected chi connectivity index (χ4v) is 4.78. The van der Waals surface area contributed by atoms with Crippen LogP contribution in [0.25, 0.3) is 21.3 Å². The largest absolute Gasteiger partial charge is 0.497 e. The minimum Gasteiger partial charge on any atom is -0.497 e. The number of carbonyl (C=O) groups excluding carboxylic acids is 1. The molecule has 4 rings (SSSR count). The number of thiophene rings is 1. The maximum atomic E-state index is 12.6. The highest BCUT2D eigenvalue weighted by molar-refractivity contribution is 8.00. The number of nitrogens with zero attached hydrogens (tertiary/aromatic N) is 2. The van der Waals surface area contributed by atoms with Gasteiger partial charge in [0.15, 0.2) is 5.78 Å². The molecule has 28 heavy (non-hydrogen) atoms. The van der Waals surface area contributed by atoms with E-state index in [2.05, 4.69) is 15.3 Å². The number of fused-ring (bicyclic) bond motifs is 1. The zero-order valence-corrected chi connectivity index (χ0v) is 17.1. The molecule has 0 bridgehead atoms. The van der Waals surface area contributed by atoms with Gasteiger partial charge >= 0.3 is 0 Å². The van der Waals surface area contributed by atoms with Gasteiger partial charge < -0.3 is 4.74 Å². The molecule has 0 amide bonds. The topological polar surface area (TPSA) is 52.1 Å². The predicted molar refractivity (Wildman–Crippen MR) is 116 cm³/mol. The third kappa shape index (κ3) is 3.79. The van der Waals surface area contributed by atoms with Crippen LogP contribution < -0.4 is 4.74 Å². The van der Waals surface area contributed by atoms with Crippen molar-refractivity contribution in [3.8, 4) is 16.9 Å². The van der Waals surface area contributed by atoms with Gasteiger partial charge in [0.1, 0.15) is 21.9 Å². The van der Waals surface area contributed by atoms with Crippen molar-refractivity contribution in [2.45, 2.75) is 11.9 Å². The molecule has 6 heteroatoms. The number of thioether (sulfide) groups is 1. The summed E-state index contributed by atoms with van der Waals surface area (Å²) in [6.07, 6.45) is 1.56. The smallest absolute Gasteiger partial charge is 0.173 e. The first kappa shape index (κ1) is 18.7. The van der Waals surface area contributed by atoms with Crippen molar-refractivity contribution in [3.63, 3.8) is 0 Å². The number of methoxy groups -OCH3 is 1. The number of rotatable bonds is 6. The molecule has 0 unspecified atom stereocenters. The zero-order valence-electron chi connectivity index (χ0n) is 15.5. The van der Waals surface area contributed by atoms with Crippen molar-refractivity contribution >= 4 is 39.1 Å². The number of aromatic nitrogens is 2. The molecule has 0 atom stereocenters. The Balaban J connectivity index is 1.62. The minimum absolute atomic E-state index is 0.0954. The van der Waals surface area contributed by atoms with Crippen LogP contribution in [-0.4, -0.2) is 28.6 Å². The highest BCUT2D eigenvalue weighted by Crippen LogP contribution is 2.38. The number of ketones is 1. The number of hydrogen-bond acceptors (Lipinski definition) is 6. The van der Waals surface area contributed by atoms with Crippen LogP contribution >= 0.6 is 23.1 Å². The van der Waals surface area contributed by atoms with Crippen molar-refractivity contribution in [1.29, 1.82) is 0 Å². The Bertz CT molecular complexity index is 1120. The number of carbonyl (C=O) groups is 1. The molecule has 0 radical (unpaired) electrons. The third-order valence-corrected chi connectivity index (χ3v) is 6.33. The van der Waals surface area contributed by atoms with E-state index in [0.717, 1.165) is 43.2 Å². The Morgan fingerprint density at radius 2 is 1.82 bits per heavy atom. The lowest BCUT2D eigenvalue weighted by atomic mass is 10.1. The van der Waals surface area contributed by atoms with E-state index in [0.29, 0.717) is 5.75 Å². The summed E-state index contributed by atoms with van der Waals surface area (Å²) in [6.45, 7) is 2.01. The molecule has 2 aromatic heterocycles. The molecule has 4 nitrogen and oxygen atoms in total. The van der Waals surface area contributed by atoms with Gasteiger partial charge in [-0.3, -0.25) is 4.79 Å². The normalized spacial score (nSPS) is 10.9. The first-order valence-electron chi connectivity index (χ1n) is 8.75. The monoisotopic (exact) mass is 406 g/mol. The summed E-state index contributed by atoms with van der Waals surface area (Å²) in [4.78, 5) is 22.3. The van der Waals surface area contributed by atoms with E-state index in [1.807, 2.05) is 55.5 Å². The van der Waals surface area contributed by atoms with Gasteiger partial charge in [0, 0.05) is 16.5 Å². The lowest BCUT2D eigenvalue weighted by Crippen LogP contribution is -2.02. The highest BCUT2D eigenvalue weighted by atomic mass is 32.2. The molecule has 140 valence electrons. The van der Waals surface area contributed by atoms with Gasteiger partial charge in [-0.25, -0.2) is 9.97 Å². The second kappa shape index (κ2) is 8.12. The molecule has 0 fully saturated rings. The Morgan fingerprint density at radius 3 is 2.54 bits per heavy atom. The molecule has 0 saturated heterocycles. The van der Waals surface area contributed by atoms with Gasteiger partial charge in [-0.1, -0.05) is 53.7 Å². The van der Waals surface area contributed by atoms with Crippen LogP contribution in [0, 0.1) is 6.92 Å². The van der Waals surface area contributed by atoms with Crippen LogP contribution in [0.15, 0.2) is 65.3 Å². The van der Waals surface area contributed by atoms with Crippen molar-refractivity contribution in [2.75, 3.05) is 12.9 Å². The lowest BCUT2D eigenvalue weighted by molar-refractivity contribution is 0.102. The average molecular weight is 407 g/mol. The molecule has 2 aromatic carbocycles. The summed E-state index contributed by atoms with van der Waals surface area (Å²) < 4.78 is 5.25. The van der Waals surface area contributed by atoms with Gasteiger partial charge in [0.25, 0.3) is 0 Å². The van der Waals surface area contributed by atoms with Gasteiger partial charge in [-0.05, 0) is 24.6 Å². The van der Waals surface area contributed by atoms with E-state index < -0.39 is 0 Å². The van der Waals surface area contributed by atoms with Gasteiger partial charge in [0.05, 0.1) is 18.2 Å². The van der Waals surface area contributed by atoms with E-state index in [-0.39, 0.29) is 5.78 Å². The maximum absolute atomic E-state index is 12.6. The number of hydrogen-bond donors (Lipinski definition) is 0. The first-order valence-corrected chi connectivity index (χ1v) is 10.6. The molecular weight excluding hydrogens is 388 g/mol. The van der Waals surface area contributed by atoms with E-state index in [9.17, 15) is 4.79 Å². The van der Waals surface area contributed by atoms with Crippen LogP contribution in [-0.2, 0) is 0 Å². The molecule has 0 saturated carbocycles. The van der Waals surface area contributed by atoms with E-state index in [1.165, 1.54) is 11.8 Å². The van der Waals surface area contributed by atoms with Crippen molar-refractivity contribution < 1.29 is 9.53 Å². The fourth-order valence-electron chi connectivity index (χ4n) is 2.90. The minimum atomic E-state index is 0.0954. The highest BCUT2D eigenvalue weighted by Gasteiger charge is 2.15. The molecule has 0 aliphatic heterocycles. The molecule has 0 aliphatic carbocycles. The number of Topliss-reactive ketones (excluding diaryl/α,β-unsaturated/α-hetero) is 1. The Hall–Kier alpha value is -2.70. The first-order chi connectivity index (χ1) is 13.7. The molecule has 0 aliphatic rings. The number of benzene rings is 2. The van der Waals surface area contributed by atoms with Gasteiger partial charge in [0.2, 0.25) is 0 Å². The second-order valence-electron chi connectivity index (χ2n) is 6.31. The van der Waals surface area contributed by atoms with Crippen LogP contribution in [0.3, 0.4) is 0 Å². The van der Waals surface area contributed by atoms with Gasteiger partial charge in [-0.2, -0.15) is 0 Å². The molecule has 2 heterocycles. The predicted octanol–water partition coefficient (Wildman–Crippen LogP) is 5.65.